The fourth-order valence-corrected chi connectivity index (χ4v) is 1.90. The summed E-state index contributed by atoms with van der Waals surface area (Å²) >= 11 is 6.04. The lowest BCUT2D eigenvalue weighted by molar-refractivity contribution is 0.295. The zero-order valence-electron chi connectivity index (χ0n) is 11.0. The van der Waals surface area contributed by atoms with E-state index in [1.54, 1.807) is 13.0 Å². The van der Waals surface area contributed by atoms with Crippen molar-refractivity contribution in [2.45, 2.75) is 13.5 Å². The Balaban J connectivity index is 2.17. The molecule has 0 atom stereocenters. The number of benzene rings is 2. The van der Waals surface area contributed by atoms with Crippen LogP contribution in [0.4, 0.5) is 10.1 Å². The number of hydrogen-bond donors (Lipinski definition) is 1. The molecule has 0 saturated heterocycles. The maximum absolute atomic E-state index is 13.6. The van der Waals surface area contributed by atoms with Crippen molar-refractivity contribution in [2.24, 2.45) is 0 Å². The van der Waals surface area contributed by atoms with E-state index in [-0.39, 0.29) is 18.0 Å². The van der Waals surface area contributed by atoms with E-state index in [1.807, 2.05) is 18.2 Å². The Bertz CT molecular complexity index is 604. The summed E-state index contributed by atoms with van der Waals surface area (Å²) in [5, 5.41) is 0.609. The highest BCUT2D eigenvalue weighted by molar-refractivity contribution is 6.31. The molecule has 2 rings (SSSR count). The molecule has 0 saturated carbocycles. The van der Waals surface area contributed by atoms with E-state index in [0.717, 1.165) is 5.56 Å². The summed E-state index contributed by atoms with van der Waals surface area (Å²) in [7, 11) is 0. The van der Waals surface area contributed by atoms with Gasteiger partial charge in [0.1, 0.15) is 12.4 Å². The van der Waals surface area contributed by atoms with Crippen LogP contribution in [0.2, 0.25) is 5.02 Å². The van der Waals surface area contributed by atoms with Crippen LogP contribution in [0.3, 0.4) is 0 Å². The quantitative estimate of drug-likeness (QED) is 0.847. The van der Waals surface area contributed by atoms with Gasteiger partial charge in [-0.3, -0.25) is 0 Å². The van der Waals surface area contributed by atoms with Gasteiger partial charge in [-0.2, -0.15) is 0 Å². The van der Waals surface area contributed by atoms with E-state index in [9.17, 15) is 4.39 Å². The molecule has 0 radical (unpaired) electrons. The molecule has 2 N–H and O–H groups in total. The number of hydrogen-bond acceptors (Lipinski definition) is 3. The van der Waals surface area contributed by atoms with Crippen molar-refractivity contribution in [2.75, 3.05) is 12.3 Å². The fraction of sp³-hybridized carbons (Fsp3) is 0.200. The number of nitrogen functional groups attached to an aromatic ring is 1. The molecule has 20 heavy (non-hydrogen) atoms. The van der Waals surface area contributed by atoms with Crippen molar-refractivity contribution in [3.05, 3.63) is 52.8 Å². The summed E-state index contributed by atoms with van der Waals surface area (Å²) in [6, 6.07) is 9.97. The van der Waals surface area contributed by atoms with E-state index < -0.39 is 5.82 Å². The average Bonchev–Trinajstić information content (AvgIpc) is 2.42. The van der Waals surface area contributed by atoms with Crippen LogP contribution >= 0.6 is 11.6 Å². The Morgan fingerprint density at radius 3 is 2.60 bits per heavy atom. The van der Waals surface area contributed by atoms with Gasteiger partial charge in [0.05, 0.1) is 12.3 Å². The second kappa shape index (κ2) is 6.48. The van der Waals surface area contributed by atoms with Gasteiger partial charge in [0.15, 0.2) is 11.6 Å². The first kappa shape index (κ1) is 14.5. The van der Waals surface area contributed by atoms with Crippen LogP contribution in [0.15, 0.2) is 36.4 Å². The third-order valence-electron chi connectivity index (χ3n) is 2.71. The van der Waals surface area contributed by atoms with Gasteiger partial charge in [0, 0.05) is 22.7 Å². The number of rotatable bonds is 5. The maximum atomic E-state index is 13.6. The summed E-state index contributed by atoms with van der Waals surface area (Å²) in [4.78, 5) is 0. The molecule has 0 heterocycles. The topological polar surface area (TPSA) is 44.5 Å². The van der Waals surface area contributed by atoms with Crippen LogP contribution in [-0.2, 0) is 6.61 Å². The largest absolute Gasteiger partial charge is 0.491 e. The fourth-order valence-electron chi connectivity index (χ4n) is 1.71. The van der Waals surface area contributed by atoms with E-state index in [1.165, 1.54) is 12.1 Å². The van der Waals surface area contributed by atoms with Gasteiger partial charge in [-0.25, -0.2) is 4.39 Å². The van der Waals surface area contributed by atoms with Crippen molar-refractivity contribution in [1.82, 2.24) is 0 Å². The van der Waals surface area contributed by atoms with Crippen molar-refractivity contribution < 1.29 is 13.9 Å². The first-order chi connectivity index (χ1) is 9.61. The maximum Gasteiger partial charge on any atom is 0.167 e. The molecule has 0 spiro atoms. The number of ether oxygens (including phenoxy) is 2. The van der Waals surface area contributed by atoms with E-state index in [0.29, 0.717) is 17.4 Å². The monoisotopic (exact) mass is 295 g/mol. The zero-order chi connectivity index (χ0) is 14.5. The average molecular weight is 296 g/mol. The summed E-state index contributed by atoms with van der Waals surface area (Å²) < 4.78 is 24.3. The molecule has 0 fully saturated rings. The van der Waals surface area contributed by atoms with Crippen molar-refractivity contribution in [3.63, 3.8) is 0 Å². The second-order valence-electron chi connectivity index (χ2n) is 4.13. The predicted octanol–water partition coefficient (Wildman–Crippen LogP) is 4.04. The first-order valence-electron chi connectivity index (χ1n) is 6.19. The molecule has 0 aliphatic carbocycles. The normalized spacial score (nSPS) is 10.3. The lowest BCUT2D eigenvalue weighted by Crippen LogP contribution is -2.02. The van der Waals surface area contributed by atoms with Crippen molar-refractivity contribution >= 4 is 17.3 Å². The number of nitrogens with two attached hydrogens (primary N) is 1. The van der Waals surface area contributed by atoms with E-state index in [4.69, 9.17) is 26.8 Å². The third kappa shape index (κ3) is 3.33. The Morgan fingerprint density at radius 1 is 1.15 bits per heavy atom. The van der Waals surface area contributed by atoms with E-state index >= 15 is 0 Å². The Hall–Kier alpha value is -1.94. The van der Waals surface area contributed by atoms with Gasteiger partial charge in [-0.15, -0.1) is 0 Å². The molecule has 0 unspecified atom stereocenters. The van der Waals surface area contributed by atoms with Crippen LogP contribution < -0.4 is 15.2 Å². The third-order valence-corrected chi connectivity index (χ3v) is 3.07. The predicted molar refractivity (Wildman–Crippen MR) is 77.8 cm³/mol. The van der Waals surface area contributed by atoms with Crippen LogP contribution in [0.5, 0.6) is 11.5 Å². The Morgan fingerprint density at radius 2 is 1.90 bits per heavy atom. The Labute approximate surface area is 122 Å². The Kier molecular flexibility index (Phi) is 4.69. The summed E-state index contributed by atoms with van der Waals surface area (Å²) in [5.74, 6) is -0.0138. The molecule has 0 aliphatic rings. The SMILES string of the molecule is CCOc1cc(OCc2ccccc2Cl)c(N)cc1F. The van der Waals surface area contributed by atoms with Crippen LogP contribution in [0, 0.1) is 5.82 Å². The minimum atomic E-state index is -0.505. The molecule has 5 heteroatoms. The number of anilines is 1. The van der Waals surface area contributed by atoms with Gasteiger partial charge in [-0.1, -0.05) is 29.8 Å². The van der Waals surface area contributed by atoms with Gasteiger partial charge in [0.25, 0.3) is 0 Å². The van der Waals surface area contributed by atoms with Crippen LogP contribution in [0.25, 0.3) is 0 Å². The van der Waals surface area contributed by atoms with Crippen LogP contribution in [-0.4, -0.2) is 6.61 Å². The molecule has 2 aromatic carbocycles. The zero-order valence-corrected chi connectivity index (χ0v) is 11.8. The molecule has 0 aliphatic heterocycles. The summed E-state index contributed by atoms with van der Waals surface area (Å²) in [6.07, 6.45) is 0. The van der Waals surface area contributed by atoms with Crippen molar-refractivity contribution in [3.8, 4) is 11.5 Å². The van der Waals surface area contributed by atoms with E-state index in [2.05, 4.69) is 0 Å². The van der Waals surface area contributed by atoms with Gasteiger partial charge in [0.2, 0.25) is 0 Å². The highest BCUT2D eigenvalue weighted by Gasteiger charge is 2.10. The minimum absolute atomic E-state index is 0.121. The molecular weight excluding hydrogens is 281 g/mol. The molecule has 106 valence electrons. The molecule has 0 aromatic heterocycles. The summed E-state index contributed by atoms with van der Waals surface area (Å²) in [6.45, 7) is 2.39. The van der Waals surface area contributed by atoms with Crippen molar-refractivity contribution in [1.29, 1.82) is 0 Å². The second-order valence-corrected chi connectivity index (χ2v) is 4.54. The first-order valence-corrected chi connectivity index (χ1v) is 6.57. The summed E-state index contributed by atoms with van der Waals surface area (Å²) in [5.41, 5.74) is 6.78. The lowest BCUT2D eigenvalue weighted by atomic mass is 10.2. The van der Waals surface area contributed by atoms with Gasteiger partial charge < -0.3 is 15.2 Å². The minimum Gasteiger partial charge on any atom is -0.491 e. The van der Waals surface area contributed by atoms with Crippen LogP contribution in [0.1, 0.15) is 12.5 Å². The highest BCUT2D eigenvalue weighted by atomic mass is 35.5. The molecule has 2 aromatic rings. The standard InChI is InChI=1S/C15H15ClFNO2/c1-2-19-14-8-15(13(18)7-12(14)17)20-9-10-5-3-4-6-11(10)16/h3-8H,2,9,18H2,1H3. The molecular formula is C15H15ClFNO2. The van der Waals surface area contributed by atoms with Gasteiger partial charge >= 0.3 is 0 Å². The smallest absolute Gasteiger partial charge is 0.167 e. The molecule has 3 nitrogen and oxygen atoms in total. The highest BCUT2D eigenvalue weighted by Crippen LogP contribution is 2.31. The molecule has 0 bridgehead atoms. The number of halogens is 2. The lowest BCUT2D eigenvalue weighted by Gasteiger charge is -2.12. The van der Waals surface area contributed by atoms with Gasteiger partial charge in [-0.05, 0) is 13.0 Å². The molecule has 0 amide bonds.